The molecule has 0 unspecified atom stereocenters. The van der Waals surface area contributed by atoms with E-state index in [-0.39, 0.29) is 19.4 Å². The molecule has 5 heteroatoms. The van der Waals surface area contributed by atoms with E-state index in [9.17, 15) is 4.79 Å². The Balaban J connectivity index is 0.00000261. The van der Waals surface area contributed by atoms with Crippen LogP contribution in [0.4, 0.5) is 11.4 Å². The second-order valence-corrected chi connectivity index (χ2v) is 8.06. The Bertz CT molecular complexity index is 760. The molecule has 0 bridgehead atoms. The molecule has 27 heavy (non-hydrogen) atoms. The fourth-order valence-electron chi connectivity index (χ4n) is 3.08. The first kappa shape index (κ1) is 20.8. The van der Waals surface area contributed by atoms with Gasteiger partial charge in [-0.3, -0.25) is 9.69 Å². The van der Waals surface area contributed by atoms with E-state index in [2.05, 4.69) is 31.0 Å². The second-order valence-electron chi connectivity index (χ2n) is 8.06. The van der Waals surface area contributed by atoms with Gasteiger partial charge in [-0.15, -0.1) is 0 Å². The minimum absolute atomic E-state index is 0. The highest BCUT2D eigenvalue weighted by molar-refractivity contribution is 6.05. The Morgan fingerprint density at radius 1 is 1.15 bits per heavy atom. The fraction of sp³-hybridized carbons (Fsp3) is 0.409. The standard InChI is InChI=1S/C21H27N3O2.CH4/c1-21(2,3)14-24-12-17(13-24)26-16-10-8-15(9-11-16)20(25)23-19-7-5-4-6-18(19)22;/h4-11,17H,12-14,22H2,1-3H3,(H,23,25);1H4. The molecule has 3 N–H and O–H groups in total. The summed E-state index contributed by atoms with van der Waals surface area (Å²) in [7, 11) is 0. The fourth-order valence-corrected chi connectivity index (χ4v) is 3.08. The number of rotatable bonds is 5. The monoisotopic (exact) mass is 369 g/mol. The highest BCUT2D eigenvalue weighted by Crippen LogP contribution is 2.23. The molecular formula is C22H31N3O2. The number of ether oxygens (including phenoxy) is 1. The lowest BCUT2D eigenvalue weighted by Gasteiger charge is -2.42. The maximum Gasteiger partial charge on any atom is 0.255 e. The van der Waals surface area contributed by atoms with E-state index in [1.807, 2.05) is 24.3 Å². The number of nitrogen functional groups attached to an aromatic ring is 1. The third kappa shape index (κ3) is 5.73. The molecule has 146 valence electrons. The van der Waals surface area contributed by atoms with E-state index in [0.29, 0.717) is 22.4 Å². The predicted octanol–water partition coefficient (Wildman–Crippen LogP) is 4.27. The van der Waals surface area contributed by atoms with Crippen LogP contribution >= 0.6 is 0 Å². The van der Waals surface area contributed by atoms with Crippen LogP contribution in [0.15, 0.2) is 48.5 Å². The number of benzene rings is 2. The van der Waals surface area contributed by atoms with Crippen molar-refractivity contribution >= 4 is 17.3 Å². The van der Waals surface area contributed by atoms with Crippen LogP contribution in [-0.4, -0.2) is 36.5 Å². The van der Waals surface area contributed by atoms with Gasteiger partial charge in [0.1, 0.15) is 11.9 Å². The van der Waals surface area contributed by atoms with E-state index < -0.39 is 0 Å². The summed E-state index contributed by atoms with van der Waals surface area (Å²) in [4.78, 5) is 14.7. The normalized spacial score (nSPS) is 14.8. The van der Waals surface area contributed by atoms with Crippen molar-refractivity contribution < 1.29 is 9.53 Å². The third-order valence-electron chi connectivity index (χ3n) is 4.25. The lowest BCUT2D eigenvalue weighted by molar-refractivity contribution is 0.00108. The topological polar surface area (TPSA) is 67.6 Å². The van der Waals surface area contributed by atoms with Gasteiger partial charge in [-0.05, 0) is 41.8 Å². The minimum Gasteiger partial charge on any atom is -0.488 e. The van der Waals surface area contributed by atoms with Gasteiger partial charge in [0.15, 0.2) is 0 Å². The molecule has 0 aliphatic carbocycles. The first-order valence-electron chi connectivity index (χ1n) is 8.95. The van der Waals surface area contributed by atoms with E-state index >= 15 is 0 Å². The van der Waals surface area contributed by atoms with Crippen molar-refractivity contribution in [2.75, 3.05) is 30.7 Å². The Labute approximate surface area is 162 Å². The lowest BCUT2D eigenvalue weighted by Crippen LogP contribution is -2.55. The zero-order chi connectivity index (χ0) is 18.7. The molecule has 3 rings (SSSR count). The molecule has 1 amide bonds. The van der Waals surface area contributed by atoms with E-state index in [4.69, 9.17) is 10.5 Å². The van der Waals surface area contributed by atoms with Crippen molar-refractivity contribution in [2.24, 2.45) is 5.41 Å². The number of hydrogen-bond acceptors (Lipinski definition) is 4. The summed E-state index contributed by atoms with van der Waals surface area (Å²) in [6.45, 7) is 9.71. The number of nitrogens with two attached hydrogens (primary N) is 1. The number of carbonyl (C=O) groups is 1. The van der Waals surface area contributed by atoms with Crippen LogP contribution in [0, 0.1) is 5.41 Å². The number of likely N-dealkylation sites (tertiary alicyclic amines) is 1. The van der Waals surface area contributed by atoms with Crippen LogP contribution in [-0.2, 0) is 0 Å². The molecular weight excluding hydrogens is 338 g/mol. The molecule has 1 aliphatic rings. The molecule has 0 saturated carbocycles. The van der Waals surface area contributed by atoms with Gasteiger partial charge in [-0.1, -0.05) is 40.3 Å². The van der Waals surface area contributed by atoms with Crippen molar-refractivity contribution in [3.8, 4) is 5.75 Å². The van der Waals surface area contributed by atoms with Crippen LogP contribution in [0.25, 0.3) is 0 Å². The summed E-state index contributed by atoms with van der Waals surface area (Å²) in [5, 5.41) is 2.83. The molecule has 2 aromatic rings. The Morgan fingerprint density at radius 2 is 1.78 bits per heavy atom. The molecule has 0 aromatic heterocycles. The first-order chi connectivity index (χ1) is 12.3. The van der Waals surface area contributed by atoms with E-state index in [1.165, 1.54) is 0 Å². The molecule has 0 atom stereocenters. The number of amides is 1. The second kappa shape index (κ2) is 8.44. The number of carbonyl (C=O) groups excluding carboxylic acids is 1. The Kier molecular flexibility index (Phi) is 6.50. The van der Waals surface area contributed by atoms with Crippen LogP contribution in [0.2, 0.25) is 0 Å². The van der Waals surface area contributed by atoms with Crippen LogP contribution in [0.1, 0.15) is 38.6 Å². The first-order valence-corrected chi connectivity index (χ1v) is 8.95. The average molecular weight is 370 g/mol. The highest BCUT2D eigenvalue weighted by atomic mass is 16.5. The van der Waals surface area contributed by atoms with Gasteiger partial charge in [0, 0.05) is 25.2 Å². The highest BCUT2D eigenvalue weighted by Gasteiger charge is 2.31. The molecule has 0 radical (unpaired) electrons. The molecule has 2 aromatic carbocycles. The lowest BCUT2D eigenvalue weighted by atomic mass is 9.94. The predicted molar refractivity (Wildman–Crippen MR) is 112 cm³/mol. The Morgan fingerprint density at radius 3 is 2.37 bits per heavy atom. The maximum atomic E-state index is 12.3. The van der Waals surface area contributed by atoms with Crippen molar-refractivity contribution in [3.05, 3.63) is 54.1 Å². The van der Waals surface area contributed by atoms with Gasteiger partial charge in [0.2, 0.25) is 0 Å². The summed E-state index contributed by atoms with van der Waals surface area (Å²) in [5.74, 6) is 0.607. The van der Waals surface area contributed by atoms with Crippen molar-refractivity contribution in [3.63, 3.8) is 0 Å². The van der Waals surface area contributed by atoms with Crippen LogP contribution in [0.5, 0.6) is 5.75 Å². The van der Waals surface area contributed by atoms with Gasteiger partial charge in [-0.25, -0.2) is 0 Å². The van der Waals surface area contributed by atoms with Crippen molar-refractivity contribution in [1.29, 1.82) is 0 Å². The summed E-state index contributed by atoms with van der Waals surface area (Å²) < 4.78 is 5.97. The smallest absolute Gasteiger partial charge is 0.255 e. The molecule has 1 saturated heterocycles. The zero-order valence-corrected chi connectivity index (χ0v) is 15.7. The van der Waals surface area contributed by atoms with Gasteiger partial charge >= 0.3 is 0 Å². The molecule has 1 fully saturated rings. The van der Waals surface area contributed by atoms with Crippen molar-refractivity contribution in [1.82, 2.24) is 4.90 Å². The molecule has 1 heterocycles. The molecule has 1 aliphatic heterocycles. The van der Waals surface area contributed by atoms with E-state index in [0.717, 1.165) is 25.4 Å². The van der Waals surface area contributed by atoms with Gasteiger partial charge in [0.25, 0.3) is 5.91 Å². The number of nitrogens with zero attached hydrogens (tertiary/aromatic N) is 1. The summed E-state index contributed by atoms with van der Waals surface area (Å²) in [6.07, 6.45) is 0.223. The number of hydrogen-bond donors (Lipinski definition) is 2. The summed E-state index contributed by atoms with van der Waals surface area (Å²) in [5.41, 5.74) is 7.90. The maximum absolute atomic E-state index is 12.3. The van der Waals surface area contributed by atoms with Gasteiger partial charge in [0.05, 0.1) is 11.4 Å². The van der Waals surface area contributed by atoms with Crippen molar-refractivity contribution in [2.45, 2.75) is 34.3 Å². The quantitative estimate of drug-likeness (QED) is 0.773. The van der Waals surface area contributed by atoms with Crippen LogP contribution < -0.4 is 15.8 Å². The molecule has 5 nitrogen and oxygen atoms in total. The van der Waals surface area contributed by atoms with Gasteiger partial charge < -0.3 is 15.8 Å². The van der Waals surface area contributed by atoms with Gasteiger partial charge in [-0.2, -0.15) is 0 Å². The number of anilines is 2. The summed E-state index contributed by atoms with van der Waals surface area (Å²) >= 11 is 0. The minimum atomic E-state index is -0.186. The summed E-state index contributed by atoms with van der Waals surface area (Å²) in [6, 6.07) is 14.4. The largest absolute Gasteiger partial charge is 0.488 e. The SMILES string of the molecule is C.CC(C)(C)CN1CC(Oc2ccc(C(=O)Nc3ccccc3N)cc2)C1. The average Bonchev–Trinajstić information content (AvgIpc) is 2.54. The number of para-hydroxylation sites is 2. The number of nitrogens with one attached hydrogen (secondary N) is 1. The zero-order valence-electron chi connectivity index (χ0n) is 15.7. The van der Waals surface area contributed by atoms with E-state index in [1.54, 1.807) is 24.3 Å². The Hall–Kier alpha value is -2.53. The molecule has 0 spiro atoms. The third-order valence-corrected chi connectivity index (χ3v) is 4.25. The van der Waals surface area contributed by atoms with Crippen LogP contribution in [0.3, 0.4) is 0 Å².